The van der Waals surface area contributed by atoms with Crippen molar-refractivity contribution in [1.82, 2.24) is 9.71 Å². The first-order valence-corrected chi connectivity index (χ1v) is 6.70. The van der Waals surface area contributed by atoms with Gasteiger partial charge in [0.05, 0.1) is 11.9 Å². The van der Waals surface area contributed by atoms with Gasteiger partial charge >= 0.3 is 0 Å². The Hall–Kier alpha value is -0.660. The highest BCUT2D eigenvalue weighted by Crippen LogP contribution is 2.11. The van der Waals surface area contributed by atoms with E-state index in [1.165, 1.54) is 6.20 Å². The summed E-state index contributed by atoms with van der Waals surface area (Å²) in [6, 6.07) is 3.29. The zero-order chi connectivity index (χ0) is 11.3. The Balaban J connectivity index is 2.65. The van der Waals surface area contributed by atoms with Crippen LogP contribution >= 0.6 is 15.9 Å². The molecule has 0 amide bonds. The van der Waals surface area contributed by atoms with Gasteiger partial charge in [0.2, 0.25) is 0 Å². The van der Waals surface area contributed by atoms with Crippen LogP contribution in [0.3, 0.4) is 0 Å². The molecular weight excluding hydrogens is 282 g/mol. The highest BCUT2D eigenvalue weighted by Gasteiger charge is 2.07. The van der Waals surface area contributed by atoms with E-state index in [0.29, 0.717) is 16.8 Å². The second-order valence-corrected chi connectivity index (χ2v) is 5.18. The molecule has 0 aliphatic heterocycles. The number of anilines is 1. The van der Waals surface area contributed by atoms with E-state index in [-0.39, 0.29) is 0 Å². The molecule has 0 unspecified atom stereocenters. The predicted octanol–water partition coefficient (Wildman–Crippen LogP) is 1.50. The molecule has 0 fully saturated rings. The lowest BCUT2D eigenvalue weighted by Gasteiger charge is -2.07. The molecule has 5 nitrogen and oxygen atoms in total. The molecule has 1 rings (SSSR count). The van der Waals surface area contributed by atoms with Crippen molar-refractivity contribution in [3.05, 3.63) is 22.9 Å². The summed E-state index contributed by atoms with van der Waals surface area (Å²) in [7, 11) is -3.46. The average Bonchev–Trinajstić information content (AvgIpc) is 2.18. The lowest BCUT2D eigenvalue weighted by atomic mass is 10.4. The van der Waals surface area contributed by atoms with Crippen LogP contribution in [0.4, 0.5) is 5.69 Å². The Kier molecular flexibility index (Phi) is 4.49. The van der Waals surface area contributed by atoms with Crippen molar-refractivity contribution in [1.29, 1.82) is 0 Å². The fourth-order valence-electron chi connectivity index (χ4n) is 0.864. The van der Waals surface area contributed by atoms with Crippen molar-refractivity contribution in [3.8, 4) is 0 Å². The van der Waals surface area contributed by atoms with Gasteiger partial charge in [-0.15, -0.1) is 0 Å². The van der Waals surface area contributed by atoms with E-state index >= 15 is 0 Å². The van der Waals surface area contributed by atoms with Crippen LogP contribution in [0.15, 0.2) is 22.9 Å². The minimum Gasteiger partial charge on any atom is -0.270 e. The Morgan fingerprint density at radius 3 is 2.73 bits per heavy atom. The van der Waals surface area contributed by atoms with Crippen molar-refractivity contribution < 1.29 is 8.42 Å². The van der Waals surface area contributed by atoms with E-state index in [2.05, 4.69) is 30.4 Å². The number of rotatable bonds is 5. The first kappa shape index (κ1) is 12.4. The van der Waals surface area contributed by atoms with Crippen LogP contribution in [0.1, 0.15) is 13.3 Å². The molecule has 0 atom stereocenters. The van der Waals surface area contributed by atoms with Gasteiger partial charge in [0.25, 0.3) is 10.2 Å². The molecule has 1 aromatic heterocycles. The lowest BCUT2D eigenvalue weighted by molar-refractivity contribution is 0.586. The van der Waals surface area contributed by atoms with Gasteiger partial charge in [-0.25, -0.2) is 4.98 Å². The summed E-state index contributed by atoms with van der Waals surface area (Å²) >= 11 is 3.16. The zero-order valence-electron chi connectivity index (χ0n) is 8.20. The number of aromatic nitrogens is 1. The molecular formula is C8H12BrN3O2S. The van der Waals surface area contributed by atoms with Gasteiger partial charge in [-0.05, 0) is 34.5 Å². The van der Waals surface area contributed by atoms with Gasteiger partial charge in [0.1, 0.15) is 4.60 Å². The lowest BCUT2D eigenvalue weighted by Crippen LogP contribution is -2.30. The van der Waals surface area contributed by atoms with Crippen molar-refractivity contribution in [2.45, 2.75) is 13.3 Å². The summed E-state index contributed by atoms with van der Waals surface area (Å²) in [6.45, 7) is 2.31. The van der Waals surface area contributed by atoms with Crippen LogP contribution in [0.5, 0.6) is 0 Å². The van der Waals surface area contributed by atoms with Crippen LogP contribution in [0, 0.1) is 0 Å². The molecule has 0 saturated carbocycles. The number of pyridine rings is 1. The van der Waals surface area contributed by atoms with Crippen LogP contribution in [-0.2, 0) is 10.2 Å². The average molecular weight is 294 g/mol. The molecule has 0 spiro atoms. The Morgan fingerprint density at radius 2 is 2.20 bits per heavy atom. The number of nitrogens with zero attached hydrogens (tertiary/aromatic N) is 1. The summed E-state index contributed by atoms with van der Waals surface area (Å²) in [5, 5.41) is 0. The maximum absolute atomic E-state index is 11.4. The summed E-state index contributed by atoms with van der Waals surface area (Å²) in [5.41, 5.74) is 0.432. The fourth-order valence-corrected chi connectivity index (χ4v) is 2.07. The standard InChI is InChI=1S/C8H12BrN3O2S/c1-2-5-11-15(13,14)12-7-3-4-8(9)10-6-7/h3-4,6,11-12H,2,5H2,1H3. The Morgan fingerprint density at radius 1 is 1.47 bits per heavy atom. The molecule has 1 heterocycles. The van der Waals surface area contributed by atoms with Gasteiger partial charge in [-0.2, -0.15) is 13.1 Å². The number of hydrogen-bond acceptors (Lipinski definition) is 3. The normalized spacial score (nSPS) is 11.3. The topological polar surface area (TPSA) is 71.1 Å². The predicted molar refractivity (Wildman–Crippen MR) is 62.8 cm³/mol. The van der Waals surface area contributed by atoms with Gasteiger partial charge in [-0.3, -0.25) is 4.72 Å². The monoisotopic (exact) mass is 293 g/mol. The highest BCUT2D eigenvalue weighted by atomic mass is 79.9. The van der Waals surface area contributed by atoms with E-state index in [1.54, 1.807) is 12.1 Å². The third kappa shape index (κ3) is 4.59. The molecule has 15 heavy (non-hydrogen) atoms. The number of hydrogen-bond donors (Lipinski definition) is 2. The molecule has 84 valence electrons. The molecule has 1 aromatic rings. The molecule has 0 aliphatic carbocycles. The smallest absolute Gasteiger partial charge is 0.270 e. The first-order valence-electron chi connectivity index (χ1n) is 4.42. The summed E-state index contributed by atoms with van der Waals surface area (Å²) < 4.78 is 28.2. The number of halogens is 1. The molecule has 0 radical (unpaired) electrons. The van der Waals surface area contributed by atoms with E-state index in [9.17, 15) is 8.42 Å². The van der Waals surface area contributed by atoms with Crippen LogP contribution in [0.25, 0.3) is 0 Å². The van der Waals surface area contributed by atoms with Gasteiger partial charge < -0.3 is 0 Å². The maximum Gasteiger partial charge on any atom is 0.299 e. The maximum atomic E-state index is 11.4. The fraction of sp³-hybridized carbons (Fsp3) is 0.375. The quantitative estimate of drug-likeness (QED) is 0.808. The highest BCUT2D eigenvalue weighted by molar-refractivity contribution is 9.10. The zero-order valence-corrected chi connectivity index (χ0v) is 10.6. The van der Waals surface area contributed by atoms with Crippen molar-refractivity contribution in [2.75, 3.05) is 11.3 Å². The molecule has 0 aromatic carbocycles. The van der Waals surface area contributed by atoms with Crippen molar-refractivity contribution in [2.24, 2.45) is 0 Å². The van der Waals surface area contributed by atoms with Gasteiger partial charge in [-0.1, -0.05) is 6.92 Å². The first-order chi connectivity index (χ1) is 7.03. The largest absolute Gasteiger partial charge is 0.299 e. The molecule has 7 heteroatoms. The molecule has 0 saturated heterocycles. The van der Waals surface area contributed by atoms with E-state index in [0.717, 1.165) is 6.42 Å². The SMILES string of the molecule is CCCNS(=O)(=O)Nc1ccc(Br)nc1. The van der Waals surface area contributed by atoms with Crippen molar-refractivity contribution >= 4 is 31.8 Å². The Labute approximate surface area is 97.6 Å². The van der Waals surface area contributed by atoms with Crippen molar-refractivity contribution in [3.63, 3.8) is 0 Å². The second kappa shape index (κ2) is 5.43. The molecule has 0 aliphatic rings. The van der Waals surface area contributed by atoms with Crippen LogP contribution < -0.4 is 9.44 Å². The summed E-state index contributed by atoms with van der Waals surface area (Å²) in [6.07, 6.45) is 2.19. The number of nitrogens with one attached hydrogen (secondary N) is 2. The third-order valence-corrected chi connectivity index (χ3v) is 3.08. The minimum absolute atomic E-state index is 0.416. The van der Waals surface area contributed by atoms with E-state index in [1.807, 2.05) is 6.92 Å². The molecule has 2 N–H and O–H groups in total. The second-order valence-electron chi connectivity index (χ2n) is 2.87. The van der Waals surface area contributed by atoms with Crippen LogP contribution in [0.2, 0.25) is 0 Å². The Bertz CT molecular complexity index is 404. The summed E-state index contributed by atoms with van der Waals surface area (Å²) in [4.78, 5) is 3.91. The van der Waals surface area contributed by atoms with Crippen LogP contribution in [-0.4, -0.2) is 19.9 Å². The minimum atomic E-state index is -3.46. The van der Waals surface area contributed by atoms with E-state index < -0.39 is 10.2 Å². The van der Waals surface area contributed by atoms with E-state index in [4.69, 9.17) is 0 Å². The molecule has 0 bridgehead atoms. The van der Waals surface area contributed by atoms with Gasteiger partial charge in [0.15, 0.2) is 0 Å². The summed E-state index contributed by atoms with van der Waals surface area (Å²) in [5.74, 6) is 0. The third-order valence-electron chi connectivity index (χ3n) is 1.52. The van der Waals surface area contributed by atoms with Gasteiger partial charge in [0, 0.05) is 6.54 Å².